The molecule has 0 spiro atoms. The van der Waals surface area contributed by atoms with Crippen LogP contribution >= 0.6 is 11.6 Å². The van der Waals surface area contributed by atoms with E-state index in [4.69, 9.17) is 16.3 Å². The number of hydrogen-bond donors (Lipinski definition) is 0. The maximum atomic E-state index is 13.6. The fourth-order valence-electron chi connectivity index (χ4n) is 1.64. The minimum atomic E-state index is -0.616. The smallest absolute Gasteiger partial charge is 0.165 e. The van der Waals surface area contributed by atoms with Crippen LogP contribution in [0.1, 0.15) is 11.1 Å². The standard InChI is InChI=1S/C16H10ClF3O/c17-7-1-2-11-3-5-15(20)16(8-11)21-10-12-9-13(18)4-6-14(12)19/h3-6,8-9H,7,10H2. The first-order chi connectivity index (χ1) is 10.1. The summed E-state index contributed by atoms with van der Waals surface area (Å²) >= 11 is 5.44. The summed E-state index contributed by atoms with van der Waals surface area (Å²) in [7, 11) is 0. The van der Waals surface area contributed by atoms with Gasteiger partial charge in [-0.25, -0.2) is 13.2 Å². The van der Waals surface area contributed by atoms with E-state index in [2.05, 4.69) is 11.8 Å². The molecule has 0 radical (unpaired) electrons. The Balaban J connectivity index is 2.17. The van der Waals surface area contributed by atoms with Gasteiger partial charge in [0.25, 0.3) is 0 Å². The van der Waals surface area contributed by atoms with Crippen molar-refractivity contribution in [3.05, 3.63) is 65.0 Å². The average Bonchev–Trinajstić information content (AvgIpc) is 2.48. The summed E-state index contributed by atoms with van der Waals surface area (Å²) in [6, 6.07) is 7.05. The van der Waals surface area contributed by atoms with Crippen LogP contribution in [0.15, 0.2) is 36.4 Å². The average molecular weight is 311 g/mol. The Bertz CT molecular complexity index is 704. The van der Waals surface area contributed by atoms with Crippen molar-refractivity contribution in [1.82, 2.24) is 0 Å². The van der Waals surface area contributed by atoms with Crippen LogP contribution in [0.25, 0.3) is 0 Å². The highest BCUT2D eigenvalue weighted by molar-refractivity contribution is 6.19. The Morgan fingerprint density at radius 3 is 2.52 bits per heavy atom. The van der Waals surface area contributed by atoms with Gasteiger partial charge in [0.05, 0.1) is 5.88 Å². The SMILES string of the molecule is Fc1ccc(F)c(COc2cc(C#CCCl)ccc2F)c1. The van der Waals surface area contributed by atoms with Crippen molar-refractivity contribution in [2.45, 2.75) is 6.61 Å². The number of halogens is 4. The summed E-state index contributed by atoms with van der Waals surface area (Å²) in [5.41, 5.74) is 0.526. The van der Waals surface area contributed by atoms with Crippen LogP contribution in [-0.2, 0) is 6.61 Å². The molecule has 0 fully saturated rings. The zero-order valence-electron chi connectivity index (χ0n) is 10.8. The van der Waals surface area contributed by atoms with Crippen LogP contribution in [0.4, 0.5) is 13.2 Å². The van der Waals surface area contributed by atoms with Crippen molar-refractivity contribution < 1.29 is 17.9 Å². The molecule has 0 aromatic heterocycles. The lowest BCUT2D eigenvalue weighted by molar-refractivity contribution is 0.284. The van der Waals surface area contributed by atoms with Gasteiger partial charge in [0.1, 0.15) is 18.2 Å². The van der Waals surface area contributed by atoms with E-state index in [1.807, 2.05) is 0 Å². The van der Waals surface area contributed by atoms with Crippen LogP contribution < -0.4 is 4.74 Å². The van der Waals surface area contributed by atoms with Gasteiger partial charge in [-0.2, -0.15) is 0 Å². The molecule has 0 heterocycles. The second-order valence-corrected chi connectivity index (χ2v) is 4.37. The number of alkyl halides is 1. The fourth-order valence-corrected chi connectivity index (χ4v) is 1.70. The molecule has 2 aromatic rings. The van der Waals surface area contributed by atoms with Gasteiger partial charge in [-0.3, -0.25) is 0 Å². The first-order valence-electron chi connectivity index (χ1n) is 6.01. The summed E-state index contributed by atoms with van der Waals surface area (Å²) < 4.78 is 45.3. The van der Waals surface area contributed by atoms with Crippen LogP contribution in [-0.4, -0.2) is 5.88 Å². The summed E-state index contributed by atoms with van der Waals surface area (Å²) in [5.74, 6) is 3.61. The second kappa shape index (κ2) is 7.05. The number of ether oxygens (including phenoxy) is 1. The van der Waals surface area contributed by atoms with E-state index in [-0.39, 0.29) is 23.8 Å². The van der Waals surface area contributed by atoms with E-state index in [0.717, 1.165) is 18.2 Å². The maximum Gasteiger partial charge on any atom is 0.165 e. The molecular formula is C16H10ClF3O. The Kier molecular flexibility index (Phi) is 5.13. The minimum Gasteiger partial charge on any atom is -0.486 e. The predicted molar refractivity (Wildman–Crippen MR) is 74.7 cm³/mol. The molecule has 108 valence electrons. The normalized spacial score (nSPS) is 9.90. The number of rotatable bonds is 3. The molecule has 2 aromatic carbocycles. The fraction of sp³-hybridized carbons (Fsp3) is 0.125. The quantitative estimate of drug-likeness (QED) is 0.607. The van der Waals surface area contributed by atoms with E-state index >= 15 is 0 Å². The van der Waals surface area contributed by atoms with E-state index in [1.54, 1.807) is 0 Å². The van der Waals surface area contributed by atoms with Crippen LogP contribution in [0.2, 0.25) is 0 Å². The van der Waals surface area contributed by atoms with Crippen molar-refractivity contribution in [3.8, 4) is 17.6 Å². The van der Waals surface area contributed by atoms with E-state index < -0.39 is 17.5 Å². The molecule has 21 heavy (non-hydrogen) atoms. The lowest BCUT2D eigenvalue weighted by atomic mass is 10.2. The largest absolute Gasteiger partial charge is 0.486 e. The highest BCUT2D eigenvalue weighted by atomic mass is 35.5. The van der Waals surface area contributed by atoms with Gasteiger partial charge in [-0.1, -0.05) is 11.8 Å². The molecule has 0 saturated carbocycles. The highest BCUT2D eigenvalue weighted by Crippen LogP contribution is 2.20. The van der Waals surface area contributed by atoms with Crippen LogP contribution in [0, 0.1) is 29.3 Å². The maximum absolute atomic E-state index is 13.6. The molecule has 1 nitrogen and oxygen atoms in total. The first kappa shape index (κ1) is 15.3. The van der Waals surface area contributed by atoms with Gasteiger partial charge in [-0.05, 0) is 36.4 Å². The zero-order chi connectivity index (χ0) is 15.2. The molecule has 2 rings (SSSR count). The number of hydrogen-bond acceptors (Lipinski definition) is 1. The monoisotopic (exact) mass is 310 g/mol. The number of benzene rings is 2. The Morgan fingerprint density at radius 1 is 1.00 bits per heavy atom. The van der Waals surface area contributed by atoms with Crippen molar-refractivity contribution in [1.29, 1.82) is 0 Å². The van der Waals surface area contributed by atoms with E-state index in [9.17, 15) is 13.2 Å². The van der Waals surface area contributed by atoms with Gasteiger partial charge >= 0.3 is 0 Å². The van der Waals surface area contributed by atoms with Crippen molar-refractivity contribution in [3.63, 3.8) is 0 Å². The third-order valence-corrected chi connectivity index (χ3v) is 2.76. The van der Waals surface area contributed by atoms with Crippen LogP contribution in [0.3, 0.4) is 0 Å². The van der Waals surface area contributed by atoms with Gasteiger partial charge in [0.15, 0.2) is 11.6 Å². The topological polar surface area (TPSA) is 9.23 Å². The minimum absolute atomic E-state index is 0.00615. The van der Waals surface area contributed by atoms with Gasteiger partial charge in [-0.15, -0.1) is 11.6 Å². The molecule has 0 aliphatic carbocycles. The Labute approximate surface area is 125 Å². The second-order valence-electron chi connectivity index (χ2n) is 4.11. The Hall–Kier alpha value is -2.12. The first-order valence-corrected chi connectivity index (χ1v) is 6.54. The van der Waals surface area contributed by atoms with Crippen molar-refractivity contribution >= 4 is 11.6 Å². The highest BCUT2D eigenvalue weighted by Gasteiger charge is 2.08. The molecule has 0 unspecified atom stereocenters. The summed E-state index contributed by atoms with van der Waals surface area (Å²) in [4.78, 5) is 0. The van der Waals surface area contributed by atoms with Gasteiger partial charge in [0.2, 0.25) is 0 Å². The molecule has 0 atom stereocenters. The van der Waals surface area contributed by atoms with Gasteiger partial charge < -0.3 is 4.74 Å². The molecule has 0 aliphatic heterocycles. The molecule has 5 heteroatoms. The Morgan fingerprint density at radius 2 is 1.76 bits per heavy atom. The summed E-state index contributed by atoms with van der Waals surface area (Å²) in [5, 5.41) is 0. The lowest BCUT2D eigenvalue weighted by Crippen LogP contribution is -2.01. The lowest BCUT2D eigenvalue weighted by Gasteiger charge is -2.08. The van der Waals surface area contributed by atoms with E-state index in [1.165, 1.54) is 18.2 Å². The molecular weight excluding hydrogens is 301 g/mol. The summed E-state index contributed by atoms with van der Waals surface area (Å²) in [6.07, 6.45) is 0. The van der Waals surface area contributed by atoms with Crippen molar-refractivity contribution in [2.24, 2.45) is 0 Å². The zero-order valence-corrected chi connectivity index (χ0v) is 11.6. The van der Waals surface area contributed by atoms with Crippen molar-refractivity contribution in [2.75, 3.05) is 5.88 Å². The molecule has 0 N–H and O–H groups in total. The van der Waals surface area contributed by atoms with Crippen LogP contribution in [0.5, 0.6) is 5.75 Å². The third kappa shape index (κ3) is 4.17. The molecule has 0 aliphatic rings. The van der Waals surface area contributed by atoms with E-state index in [0.29, 0.717) is 5.56 Å². The third-order valence-electron chi connectivity index (χ3n) is 2.62. The molecule has 0 amide bonds. The summed E-state index contributed by atoms with van der Waals surface area (Å²) in [6.45, 7) is -0.285. The molecule has 0 saturated heterocycles. The molecule has 0 bridgehead atoms. The predicted octanol–water partition coefficient (Wildman–Crippen LogP) is 4.27. The van der Waals surface area contributed by atoms with Gasteiger partial charge in [0, 0.05) is 11.1 Å².